The fourth-order valence-corrected chi connectivity index (χ4v) is 2.30. The molecule has 2 rings (SSSR count). The molecule has 1 atom stereocenters. The Kier molecular flexibility index (Phi) is 4.05. The average molecular weight is 295 g/mol. The first-order valence-electron chi connectivity index (χ1n) is 5.68. The molecule has 0 bridgehead atoms. The van der Waals surface area contributed by atoms with Gasteiger partial charge in [-0.2, -0.15) is 4.98 Å². The predicted molar refractivity (Wildman–Crippen MR) is 75.4 cm³/mol. The highest BCUT2D eigenvalue weighted by molar-refractivity contribution is 7.11. The van der Waals surface area contributed by atoms with Gasteiger partial charge in [-0.15, -0.1) is 11.3 Å². The van der Waals surface area contributed by atoms with Gasteiger partial charge in [0.1, 0.15) is 11.2 Å². The van der Waals surface area contributed by atoms with E-state index in [0.29, 0.717) is 0 Å². The molecule has 9 nitrogen and oxygen atoms in total. The van der Waals surface area contributed by atoms with Crippen LogP contribution in [0, 0.1) is 17.0 Å². The van der Waals surface area contributed by atoms with Crippen molar-refractivity contribution in [1.82, 2.24) is 15.0 Å². The molecule has 0 amide bonds. The summed E-state index contributed by atoms with van der Waals surface area (Å²) in [6.45, 7) is 3.79. The van der Waals surface area contributed by atoms with Gasteiger partial charge in [0, 0.05) is 11.1 Å². The number of nitrogens with one attached hydrogen (secondary N) is 2. The second kappa shape index (κ2) is 5.75. The summed E-state index contributed by atoms with van der Waals surface area (Å²) in [6, 6.07) is -0.215. The van der Waals surface area contributed by atoms with E-state index in [9.17, 15) is 10.1 Å². The molecule has 2 heterocycles. The van der Waals surface area contributed by atoms with E-state index in [1.807, 2.05) is 13.8 Å². The summed E-state index contributed by atoms with van der Waals surface area (Å²) in [5.74, 6) is 5.40. The van der Waals surface area contributed by atoms with Crippen molar-refractivity contribution < 1.29 is 4.92 Å². The van der Waals surface area contributed by atoms with E-state index < -0.39 is 4.92 Å². The molecule has 2 aromatic rings. The maximum Gasteiger partial charge on any atom is 0.329 e. The fraction of sp³-hybridized carbons (Fsp3) is 0.300. The molecule has 0 fully saturated rings. The molecular weight excluding hydrogens is 282 g/mol. The monoisotopic (exact) mass is 295 g/mol. The van der Waals surface area contributed by atoms with Crippen LogP contribution in [0.15, 0.2) is 12.4 Å². The SMILES string of the molecule is Cc1cnc(C(C)Nc2nc(NN)ncc2[N+](=O)[O-])s1. The molecule has 0 radical (unpaired) electrons. The minimum absolute atomic E-state index is 0.0957. The standard InChI is InChI=1S/C10H13N7O2S/c1-5-3-12-9(20-5)6(2)14-8-7(17(18)19)4-13-10(15-8)16-11/h3-4,6H,11H2,1-2H3,(H2,13,14,15,16). The van der Waals surface area contributed by atoms with Gasteiger partial charge in [-0.1, -0.05) is 0 Å². The number of thiazole rings is 1. The van der Waals surface area contributed by atoms with Crippen LogP contribution in [0.3, 0.4) is 0 Å². The van der Waals surface area contributed by atoms with Crippen LogP contribution >= 0.6 is 11.3 Å². The quantitative estimate of drug-likeness (QED) is 0.430. The lowest BCUT2D eigenvalue weighted by Crippen LogP contribution is -2.14. The largest absolute Gasteiger partial charge is 0.355 e. The van der Waals surface area contributed by atoms with Crippen molar-refractivity contribution in [3.05, 3.63) is 32.4 Å². The summed E-state index contributed by atoms with van der Waals surface area (Å²) in [4.78, 5) is 23.4. The van der Waals surface area contributed by atoms with Gasteiger partial charge in [0.05, 0.1) is 11.0 Å². The first-order chi connectivity index (χ1) is 9.51. The van der Waals surface area contributed by atoms with Crippen LogP contribution in [-0.4, -0.2) is 19.9 Å². The van der Waals surface area contributed by atoms with Crippen molar-refractivity contribution in [1.29, 1.82) is 0 Å². The van der Waals surface area contributed by atoms with Gasteiger partial charge in [-0.25, -0.2) is 15.8 Å². The molecule has 10 heteroatoms. The third kappa shape index (κ3) is 2.97. The van der Waals surface area contributed by atoms with E-state index in [2.05, 4.69) is 25.7 Å². The lowest BCUT2D eigenvalue weighted by molar-refractivity contribution is -0.384. The van der Waals surface area contributed by atoms with E-state index in [1.54, 1.807) is 6.20 Å². The van der Waals surface area contributed by atoms with E-state index >= 15 is 0 Å². The van der Waals surface area contributed by atoms with E-state index in [4.69, 9.17) is 5.84 Å². The Morgan fingerprint density at radius 3 is 2.75 bits per heavy atom. The number of hydrogen-bond donors (Lipinski definition) is 3. The van der Waals surface area contributed by atoms with Crippen LogP contribution in [0.2, 0.25) is 0 Å². The maximum atomic E-state index is 11.0. The highest BCUT2D eigenvalue weighted by Gasteiger charge is 2.20. The van der Waals surface area contributed by atoms with Gasteiger partial charge in [0.25, 0.3) is 0 Å². The van der Waals surface area contributed by atoms with Crippen molar-refractivity contribution >= 4 is 28.8 Å². The highest BCUT2D eigenvalue weighted by atomic mass is 32.1. The molecule has 0 saturated carbocycles. The number of hydrazine groups is 1. The molecule has 20 heavy (non-hydrogen) atoms. The molecule has 4 N–H and O–H groups in total. The van der Waals surface area contributed by atoms with Gasteiger partial charge in [-0.3, -0.25) is 15.5 Å². The summed E-state index contributed by atoms with van der Waals surface area (Å²) < 4.78 is 0. The third-order valence-electron chi connectivity index (χ3n) is 2.46. The Morgan fingerprint density at radius 2 is 2.20 bits per heavy atom. The second-order valence-electron chi connectivity index (χ2n) is 4.00. The lowest BCUT2D eigenvalue weighted by atomic mass is 10.3. The number of aryl methyl sites for hydroxylation is 1. The molecule has 1 unspecified atom stereocenters. The minimum atomic E-state index is -0.553. The molecule has 0 aromatic carbocycles. The number of nitrogens with zero attached hydrogens (tertiary/aromatic N) is 4. The summed E-state index contributed by atoms with van der Waals surface area (Å²) in [7, 11) is 0. The first kappa shape index (κ1) is 14.1. The zero-order valence-electron chi connectivity index (χ0n) is 10.8. The minimum Gasteiger partial charge on any atom is -0.355 e. The van der Waals surface area contributed by atoms with Crippen LogP contribution < -0.4 is 16.6 Å². The van der Waals surface area contributed by atoms with Crippen LogP contribution in [0.4, 0.5) is 17.5 Å². The summed E-state index contributed by atoms with van der Waals surface area (Å²) >= 11 is 1.51. The molecule has 2 aromatic heterocycles. The zero-order valence-corrected chi connectivity index (χ0v) is 11.6. The summed E-state index contributed by atoms with van der Waals surface area (Å²) in [5, 5.41) is 14.7. The predicted octanol–water partition coefficient (Wildman–Crippen LogP) is 1.61. The first-order valence-corrected chi connectivity index (χ1v) is 6.50. The smallest absolute Gasteiger partial charge is 0.329 e. The zero-order chi connectivity index (χ0) is 14.7. The molecule has 0 aliphatic heterocycles. The Balaban J connectivity index is 2.29. The number of hydrogen-bond acceptors (Lipinski definition) is 9. The number of nitrogens with two attached hydrogens (primary N) is 1. The van der Waals surface area contributed by atoms with Crippen LogP contribution in [0.5, 0.6) is 0 Å². The normalized spacial score (nSPS) is 11.9. The van der Waals surface area contributed by atoms with Gasteiger partial charge < -0.3 is 5.32 Å². The Morgan fingerprint density at radius 1 is 1.45 bits per heavy atom. The Hall–Kier alpha value is -2.33. The summed E-state index contributed by atoms with van der Waals surface area (Å²) in [5.41, 5.74) is 2.03. The second-order valence-corrected chi connectivity index (χ2v) is 5.27. The van der Waals surface area contributed by atoms with Crippen molar-refractivity contribution in [3.8, 4) is 0 Å². The lowest BCUT2D eigenvalue weighted by Gasteiger charge is -2.12. The van der Waals surface area contributed by atoms with E-state index in [0.717, 1.165) is 16.1 Å². The molecule has 0 aliphatic rings. The van der Waals surface area contributed by atoms with Crippen LogP contribution in [0.1, 0.15) is 22.9 Å². The van der Waals surface area contributed by atoms with Crippen molar-refractivity contribution in [3.63, 3.8) is 0 Å². The number of rotatable bonds is 5. The highest BCUT2D eigenvalue weighted by Crippen LogP contribution is 2.27. The molecular formula is C10H13N7O2S. The topological polar surface area (TPSA) is 132 Å². The van der Waals surface area contributed by atoms with E-state index in [-0.39, 0.29) is 23.5 Å². The van der Waals surface area contributed by atoms with Gasteiger partial charge >= 0.3 is 5.69 Å². The van der Waals surface area contributed by atoms with Crippen LogP contribution in [-0.2, 0) is 0 Å². The number of anilines is 2. The van der Waals surface area contributed by atoms with Crippen molar-refractivity contribution in [2.45, 2.75) is 19.9 Å². The summed E-state index contributed by atoms with van der Waals surface area (Å²) in [6.07, 6.45) is 2.85. The number of nitrogen functional groups attached to an aromatic ring is 1. The van der Waals surface area contributed by atoms with Crippen LogP contribution in [0.25, 0.3) is 0 Å². The van der Waals surface area contributed by atoms with Gasteiger partial charge in [0.2, 0.25) is 11.8 Å². The fourth-order valence-electron chi connectivity index (χ4n) is 1.52. The Labute approximate surface area is 118 Å². The van der Waals surface area contributed by atoms with Gasteiger partial charge in [-0.05, 0) is 13.8 Å². The molecule has 0 saturated heterocycles. The average Bonchev–Trinajstić information content (AvgIpc) is 2.85. The maximum absolute atomic E-state index is 11.0. The van der Waals surface area contributed by atoms with Crippen molar-refractivity contribution in [2.24, 2.45) is 5.84 Å². The Bertz CT molecular complexity index is 630. The van der Waals surface area contributed by atoms with Crippen molar-refractivity contribution in [2.75, 3.05) is 10.7 Å². The third-order valence-corrected chi connectivity index (χ3v) is 3.55. The molecule has 0 aliphatic carbocycles. The number of nitro groups is 1. The van der Waals surface area contributed by atoms with E-state index in [1.165, 1.54) is 11.3 Å². The number of aromatic nitrogens is 3. The van der Waals surface area contributed by atoms with Gasteiger partial charge in [0.15, 0.2) is 0 Å². The molecule has 0 spiro atoms. The molecule has 106 valence electrons.